The van der Waals surface area contributed by atoms with E-state index in [0.717, 1.165) is 34.5 Å². The van der Waals surface area contributed by atoms with E-state index in [1.54, 1.807) is 0 Å². The Morgan fingerprint density at radius 1 is 1.32 bits per heavy atom. The molecule has 1 heterocycles. The second kappa shape index (κ2) is 5.29. The molecule has 0 bridgehead atoms. The van der Waals surface area contributed by atoms with Crippen LogP contribution in [0.2, 0.25) is 0 Å². The minimum atomic E-state index is 0.728. The van der Waals surface area contributed by atoms with Crippen molar-refractivity contribution < 1.29 is 0 Å². The molecule has 1 aliphatic carbocycles. The third-order valence-electron chi connectivity index (χ3n) is 4.25. The van der Waals surface area contributed by atoms with Crippen LogP contribution in [-0.4, -0.2) is 14.8 Å². The van der Waals surface area contributed by atoms with Crippen LogP contribution in [0.25, 0.3) is 11.4 Å². The lowest BCUT2D eigenvalue weighted by Crippen LogP contribution is -2.14. The van der Waals surface area contributed by atoms with Crippen molar-refractivity contribution in [3.05, 3.63) is 35.1 Å². The number of aromatic amines is 1. The highest BCUT2D eigenvalue weighted by molar-refractivity contribution is 7.71. The van der Waals surface area contributed by atoms with Gasteiger partial charge < -0.3 is 0 Å². The van der Waals surface area contributed by atoms with Gasteiger partial charge in [0.1, 0.15) is 0 Å². The van der Waals surface area contributed by atoms with Crippen molar-refractivity contribution in [2.24, 2.45) is 11.8 Å². The first-order chi connectivity index (χ1) is 9.25. The summed E-state index contributed by atoms with van der Waals surface area (Å²) in [5.41, 5.74) is 1.13. The maximum Gasteiger partial charge on any atom is 0.195 e. The van der Waals surface area contributed by atoms with Gasteiger partial charge >= 0.3 is 0 Å². The molecule has 1 N–H and O–H groups in total. The topological polar surface area (TPSA) is 33.6 Å². The third kappa shape index (κ3) is 2.50. The highest BCUT2D eigenvalue weighted by Crippen LogP contribution is 2.33. The summed E-state index contributed by atoms with van der Waals surface area (Å²) in [6.45, 7) is 3.34. The van der Waals surface area contributed by atoms with E-state index in [-0.39, 0.29) is 0 Å². The predicted molar refractivity (Wildman–Crippen MR) is 79.4 cm³/mol. The van der Waals surface area contributed by atoms with Crippen molar-refractivity contribution in [1.82, 2.24) is 14.8 Å². The molecule has 0 aliphatic heterocycles. The van der Waals surface area contributed by atoms with Crippen LogP contribution in [0.1, 0.15) is 26.2 Å². The van der Waals surface area contributed by atoms with E-state index < -0.39 is 0 Å². The second-order valence-corrected chi connectivity index (χ2v) is 5.88. The first-order valence-electron chi connectivity index (χ1n) is 6.96. The Bertz CT molecular complexity index is 599. The zero-order chi connectivity index (χ0) is 13.2. The van der Waals surface area contributed by atoms with Crippen molar-refractivity contribution >= 4 is 12.2 Å². The highest BCUT2D eigenvalue weighted by atomic mass is 32.1. The summed E-state index contributed by atoms with van der Waals surface area (Å²) < 4.78 is 2.90. The molecule has 0 spiro atoms. The van der Waals surface area contributed by atoms with Gasteiger partial charge in [-0.1, -0.05) is 50.1 Å². The molecule has 1 saturated carbocycles. The van der Waals surface area contributed by atoms with Gasteiger partial charge in [0.2, 0.25) is 0 Å². The summed E-state index contributed by atoms with van der Waals surface area (Å²) in [5.74, 6) is 2.48. The van der Waals surface area contributed by atoms with Crippen LogP contribution in [0.3, 0.4) is 0 Å². The Labute approximate surface area is 118 Å². The minimum absolute atomic E-state index is 0.728. The fourth-order valence-corrected chi connectivity index (χ4v) is 3.23. The lowest BCUT2D eigenvalue weighted by atomic mass is 9.98. The number of aromatic nitrogens is 3. The maximum absolute atomic E-state index is 5.39. The lowest BCUT2D eigenvalue weighted by molar-refractivity contribution is 0.363. The summed E-state index contributed by atoms with van der Waals surface area (Å²) in [6, 6.07) is 10.3. The van der Waals surface area contributed by atoms with Crippen LogP contribution >= 0.6 is 12.2 Å². The summed E-state index contributed by atoms with van der Waals surface area (Å²) in [5, 5.41) is 7.34. The molecule has 1 aliphatic rings. The van der Waals surface area contributed by atoms with Crippen molar-refractivity contribution in [2.75, 3.05) is 0 Å². The van der Waals surface area contributed by atoms with Gasteiger partial charge in [0, 0.05) is 12.1 Å². The summed E-state index contributed by atoms with van der Waals surface area (Å²) in [7, 11) is 0. The molecule has 1 aromatic heterocycles. The Balaban J connectivity index is 1.93. The van der Waals surface area contributed by atoms with Crippen LogP contribution in [-0.2, 0) is 6.54 Å². The van der Waals surface area contributed by atoms with Gasteiger partial charge in [0.15, 0.2) is 10.6 Å². The van der Waals surface area contributed by atoms with Crippen LogP contribution in [0.5, 0.6) is 0 Å². The van der Waals surface area contributed by atoms with E-state index >= 15 is 0 Å². The maximum atomic E-state index is 5.39. The minimum Gasteiger partial charge on any atom is -0.300 e. The van der Waals surface area contributed by atoms with Gasteiger partial charge in [-0.2, -0.15) is 5.10 Å². The predicted octanol–water partition coefficient (Wildman–Crippen LogP) is 4.04. The molecule has 2 aromatic rings. The fraction of sp³-hybridized carbons (Fsp3) is 0.467. The molecule has 100 valence electrons. The van der Waals surface area contributed by atoms with E-state index in [0.29, 0.717) is 0 Å². The first kappa shape index (κ1) is 12.6. The Kier molecular flexibility index (Phi) is 3.51. The lowest BCUT2D eigenvalue weighted by Gasteiger charge is -2.17. The third-order valence-corrected chi connectivity index (χ3v) is 4.56. The quantitative estimate of drug-likeness (QED) is 0.856. The van der Waals surface area contributed by atoms with Gasteiger partial charge in [-0.25, -0.2) is 0 Å². The van der Waals surface area contributed by atoms with Gasteiger partial charge in [-0.05, 0) is 30.5 Å². The highest BCUT2D eigenvalue weighted by Gasteiger charge is 2.25. The molecule has 2 unspecified atom stereocenters. The number of H-pyrrole nitrogens is 1. The van der Waals surface area contributed by atoms with Crippen molar-refractivity contribution in [2.45, 2.75) is 32.7 Å². The molecule has 0 radical (unpaired) electrons. The van der Waals surface area contributed by atoms with E-state index in [4.69, 9.17) is 12.2 Å². The van der Waals surface area contributed by atoms with Crippen LogP contribution in [0.4, 0.5) is 0 Å². The Morgan fingerprint density at radius 2 is 2.11 bits per heavy atom. The van der Waals surface area contributed by atoms with Gasteiger partial charge in [0.05, 0.1) is 0 Å². The summed E-state index contributed by atoms with van der Waals surface area (Å²) >= 11 is 5.39. The number of nitrogens with one attached hydrogen (secondary N) is 1. The zero-order valence-electron chi connectivity index (χ0n) is 11.2. The molecule has 1 fully saturated rings. The molecule has 3 nitrogen and oxygen atoms in total. The van der Waals surface area contributed by atoms with Crippen molar-refractivity contribution in [3.63, 3.8) is 0 Å². The zero-order valence-corrected chi connectivity index (χ0v) is 12.0. The number of hydrogen-bond acceptors (Lipinski definition) is 2. The smallest absolute Gasteiger partial charge is 0.195 e. The largest absolute Gasteiger partial charge is 0.300 e. The molecule has 19 heavy (non-hydrogen) atoms. The van der Waals surface area contributed by atoms with Crippen LogP contribution < -0.4 is 0 Å². The van der Waals surface area contributed by atoms with Gasteiger partial charge in [-0.15, -0.1) is 0 Å². The molecular weight excluding hydrogens is 254 g/mol. The van der Waals surface area contributed by atoms with E-state index in [1.165, 1.54) is 19.3 Å². The fourth-order valence-electron chi connectivity index (χ4n) is 3.02. The standard InChI is InChI=1S/C15H19N3S/c1-11-6-5-9-13(11)10-18-14(16-17-15(18)19)12-7-3-2-4-8-12/h2-4,7-8,11,13H,5-6,9-10H2,1H3,(H,17,19). The molecular formula is C15H19N3S. The number of rotatable bonds is 3. The normalized spacial score (nSPS) is 22.8. The van der Waals surface area contributed by atoms with E-state index in [2.05, 4.69) is 33.8 Å². The summed E-state index contributed by atoms with van der Waals surface area (Å²) in [4.78, 5) is 0. The first-order valence-corrected chi connectivity index (χ1v) is 7.37. The number of nitrogens with zero attached hydrogens (tertiary/aromatic N) is 2. The Hall–Kier alpha value is -1.42. The van der Waals surface area contributed by atoms with Gasteiger partial charge in [-0.3, -0.25) is 9.67 Å². The van der Waals surface area contributed by atoms with Crippen molar-refractivity contribution in [1.29, 1.82) is 0 Å². The molecule has 0 saturated heterocycles. The second-order valence-electron chi connectivity index (χ2n) is 5.50. The molecule has 1 aromatic carbocycles. The van der Waals surface area contributed by atoms with E-state index in [1.807, 2.05) is 18.2 Å². The van der Waals surface area contributed by atoms with Crippen LogP contribution in [0, 0.1) is 16.6 Å². The molecule has 4 heteroatoms. The molecule has 2 atom stereocenters. The number of benzene rings is 1. The number of hydrogen-bond donors (Lipinski definition) is 1. The SMILES string of the molecule is CC1CCCC1Cn1c(-c2ccccc2)n[nH]c1=S. The average Bonchev–Trinajstić information content (AvgIpc) is 2.99. The van der Waals surface area contributed by atoms with Crippen LogP contribution in [0.15, 0.2) is 30.3 Å². The van der Waals surface area contributed by atoms with Crippen molar-refractivity contribution in [3.8, 4) is 11.4 Å². The Morgan fingerprint density at radius 3 is 2.79 bits per heavy atom. The molecule has 3 rings (SSSR count). The summed E-state index contributed by atoms with van der Waals surface area (Å²) in [6.07, 6.45) is 4.00. The monoisotopic (exact) mass is 273 g/mol. The van der Waals surface area contributed by atoms with E-state index in [9.17, 15) is 0 Å². The average molecular weight is 273 g/mol. The molecule has 0 amide bonds. The van der Waals surface area contributed by atoms with Gasteiger partial charge in [0.25, 0.3) is 0 Å².